The maximum atomic E-state index is 12.8. The van der Waals surface area contributed by atoms with Crippen LogP contribution in [-0.4, -0.2) is 49.8 Å². The van der Waals surface area contributed by atoms with Crippen LogP contribution in [0.3, 0.4) is 0 Å². The standard InChI is InChI=1S/C16H22Cl2N2O2S2.ClH/c1-11-5-7-20(8-6-11)13-4-3-12(9-13)19(2)24(21,22)15-10-14(17)16(18)23-15;/h3-4,10-13H,5-9H2,1-2H3;1H/t12-,13+;/m0./s1. The lowest BCUT2D eigenvalue weighted by Crippen LogP contribution is -2.42. The minimum absolute atomic E-state index is 0. The number of hydrogen-bond acceptors (Lipinski definition) is 4. The van der Waals surface area contributed by atoms with Gasteiger partial charge in [-0.2, -0.15) is 4.31 Å². The molecular formula is C16H23Cl3N2O2S2. The number of hydrogen-bond donors (Lipinski definition) is 0. The van der Waals surface area contributed by atoms with Gasteiger partial charge in [0.1, 0.15) is 8.55 Å². The quantitative estimate of drug-likeness (QED) is 0.639. The van der Waals surface area contributed by atoms with Crippen LogP contribution in [0.1, 0.15) is 26.2 Å². The molecule has 1 aromatic heterocycles. The topological polar surface area (TPSA) is 40.6 Å². The zero-order valence-corrected chi connectivity index (χ0v) is 18.2. The van der Waals surface area contributed by atoms with Crippen molar-refractivity contribution in [3.63, 3.8) is 0 Å². The van der Waals surface area contributed by atoms with Crippen LogP contribution in [0.5, 0.6) is 0 Å². The lowest BCUT2D eigenvalue weighted by atomic mass is 9.97. The van der Waals surface area contributed by atoms with Gasteiger partial charge in [-0.3, -0.25) is 4.90 Å². The molecule has 2 aliphatic rings. The average Bonchev–Trinajstić information content (AvgIpc) is 3.15. The zero-order valence-electron chi connectivity index (χ0n) is 14.2. The molecule has 0 amide bonds. The number of piperidine rings is 1. The van der Waals surface area contributed by atoms with Crippen LogP contribution in [-0.2, 0) is 10.0 Å². The monoisotopic (exact) mass is 444 g/mol. The molecule has 3 rings (SSSR count). The van der Waals surface area contributed by atoms with Crippen LogP contribution >= 0.6 is 46.9 Å². The fourth-order valence-corrected chi connectivity index (χ4v) is 6.73. The van der Waals surface area contributed by atoms with Gasteiger partial charge in [0, 0.05) is 19.1 Å². The van der Waals surface area contributed by atoms with Crippen LogP contribution in [0, 0.1) is 5.92 Å². The molecule has 9 heteroatoms. The third-order valence-corrected chi connectivity index (χ3v) is 9.25. The highest BCUT2D eigenvalue weighted by Gasteiger charge is 2.34. The first-order chi connectivity index (χ1) is 11.3. The number of halogens is 3. The van der Waals surface area contributed by atoms with Gasteiger partial charge in [-0.25, -0.2) is 8.42 Å². The Bertz CT molecular complexity index is 708. The van der Waals surface area contributed by atoms with Crippen LogP contribution < -0.4 is 0 Å². The second kappa shape index (κ2) is 8.46. The Balaban J connectivity index is 0.00000225. The van der Waals surface area contributed by atoms with Crippen molar-refractivity contribution >= 4 is 57.0 Å². The highest BCUT2D eigenvalue weighted by molar-refractivity contribution is 7.91. The summed E-state index contributed by atoms with van der Waals surface area (Å²) in [4.78, 5) is 2.47. The molecule has 142 valence electrons. The summed E-state index contributed by atoms with van der Waals surface area (Å²) in [6.45, 7) is 4.48. The molecule has 25 heavy (non-hydrogen) atoms. The minimum atomic E-state index is -3.57. The molecule has 0 bridgehead atoms. The first-order valence-corrected chi connectivity index (χ1v) is 11.2. The van der Waals surface area contributed by atoms with Crippen molar-refractivity contribution in [3.8, 4) is 0 Å². The highest BCUT2D eigenvalue weighted by Crippen LogP contribution is 2.37. The second-order valence-corrected chi connectivity index (χ2v) is 11.0. The van der Waals surface area contributed by atoms with Crippen LogP contribution in [0.2, 0.25) is 9.36 Å². The van der Waals surface area contributed by atoms with E-state index in [9.17, 15) is 8.42 Å². The summed E-state index contributed by atoms with van der Waals surface area (Å²) in [5.41, 5.74) is 0. The summed E-state index contributed by atoms with van der Waals surface area (Å²) < 4.78 is 27.5. The molecule has 0 saturated carbocycles. The van der Waals surface area contributed by atoms with E-state index in [2.05, 4.69) is 17.9 Å². The van der Waals surface area contributed by atoms with E-state index in [1.165, 1.54) is 23.2 Å². The number of likely N-dealkylation sites (N-methyl/N-ethyl adjacent to an activating group) is 1. The van der Waals surface area contributed by atoms with Crippen molar-refractivity contribution in [1.82, 2.24) is 9.21 Å². The van der Waals surface area contributed by atoms with Crippen LogP contribution in [0.4, 0.5) is 0 Å². The Morgan fingerprint density at radius 2 is 1.88 bits per heavy atom. The van der Waals surface area contributed by atoms with E-state index in [0.717, 1.165) is 36.8 Å². The summed E-state index contributed by atoms with van der Waals surface area (Å²) in [5, 5.41) is 0.288. The number of rotatable bonds is 4. The van der Waals surface area contributed by atoms with E-state index in [0.29, 0.717) is 10.4 Å². The Morgan fingerprint density at radius 1 is 1.24 bits per heavy atom. The molecule has 0 spiro atoms. The Hall–Kier alpha value is 0.180. The number of likely N-dealkylation sites (tertiary alicyclic amines) is 1. The van der Waals surface area contributed by atoms with Gasteiger partial charge in [0.2, 0.25) is 0 Å². The molecule has 1 aliphatic carbocycles. The predicted molar refractivity (Wildman–Crippen MR) is 108 cm³/mol. The van der Waals surface area contributed by atoms with Gasteiger partial charge in [-0.1, -0.05) is 42.3 Å². The molecule has 0 N–H and O–H groups in total. The van der Waals surface area contributed by atoms with E-state index in [1.54, 1.807) is 7.05 Å². The molecule has 4 nitrogen and oxygen atoms in total. The molecule has 0 aromatic carbocycles. The fourth-order valence-electron chi connectivity index (χ4n) is 3.34. The zero-order chi connectivity index (χ0) is 17.5. The van der Waals surface area contributed by atoms with Crippen molar-refractivity contribution in [2.75, 3.05) is 20.1 Å². The van der Waals surface area contributed by atoms with Gasteiger partial charge in [-0.05, 0) is 44.3 Å². The maximum Gasteiger partial charge on any atom is 0.252 e. The molecule has 1 fully saturated rings. The summed E-state index contributed by atoms with van der Waals surface area (Å²) in [5.74, 6) is 0.791. The molecule has 0 radical (unpaired) electrons. The van der Waals surface area contributed by atoms with Crippen molar-refractivity contribution in [2.24, 2.45) is 5.92 Å². The molecule has 1 saturated heterocycles. The predicted octanol–water partition coefficient (Wildman–Crippen LogP) is 4.53. The number of nitrogens with zero attached hydrogens (tertiary/aromatic N) is 2. The molecular weight excluding hydrogens is 423 g/mol. The molecule has 0 unspecified atom stereocenters. The minimum Gasteiger partial charge on any atom is -0.297 e. The molecule has 2 atom stereocenters. The van der Waals surface area contributed by atoms with Gasteiger partial charge in [0.15, 0.2) is 0 Å². The van der Waals surface area contributed by atoms with E-state index in [1.807, 2.05) is 6.08 Å². The largest absolute Gasteiger partial charge is 0.297 e. The van der Waals surface area contributed by atoms with E-state index in [-0.39, 0.29) is 27.7 Å². The van der Waals surface area contributed by atoms with Gasteiger partial charge >= 0.3 is 0 Å². The van der Waals surface area contributed by atoms with Gasteiger partial charge < -0.3 is 0 Å². The normalized spacial score (nSPS) is 25.5. The number of thiophene rings is 1. The first kappa shape index (κ1) is 21.5. The maximum absolute atomic E-state index is 12.8. The van der Waals surface area contributed by atoms with Crippen molar-refractivity contribution < 1.29 is 8.42 Å². The van der Waals surface area contributed by atoms with E-state index < -0.39 is 10.0 Å². The summed E-state index contributed by atoms with van der Waals surface area (Å²) >= 11 is 12.8. The Kier molecular flexibility index (Phi) is 7.27. The van der Waals surface area contributed by atoms with E-state index >= 15 is 0 Å². The lowest BCUT2D eigenvalue weighted by molar-refractivity contribution is 0.153. The highest BCUT2D eigenvalue weighted by atomic mass is 35.5. The summed E-state index contributed by atoms with van der Waals surface area (Å²) in [6, 6.07) is 1.64. The Morgan fingerprint density at radius 3 is 2.44 bits per heavy atom. The summed E-state index contributed by atoms with van der Waals surface area (Å²) in [7, 11) is -1.94. The third kappa shape index (κ3) is 4.54. The van der Waals surface area contributed by atoms with Crippen LogP contribution in [0.25, 0.3) is 0 Å². The van der Waals surface area contributed by atoms with Crippen LogP contribution in [0.15, 0.2) is 22.4 Å². The van der Waals surface area contributed by atoms with Gasteiger partial charge in [0.05, 0.1) is 5.02 Å². The molecule has 1 aliphatic heterocycles. The van der Waals surface area contributed by atoms with Gasteiger partial charge in [-0.15, -0.1) is 23.7 Å². The average molecular weight is 446 g/mol. The second-order valence-electron chi connectivity index (χ2n) is 6.68. The Labute approximate surface area is 170 Å². The fraction of sp³-hybridized carbons (Fsp3) is 0.625. The molecule has 1 aromatic rings. The van der Waals surface area contributed by atoms with Crippen molar-refractivity contribution in [2.45, 2.75) is 42.5 Å². The smallest absolute Gasteiger partial charge is 0.252 e. The van der Waals surface area contributed by atoms with Gasteiger partial charge in [0.25, 0.3) is 10.0 Å². The van der Waals surface area contributed by atoms with E-state index in [4.69, 9.17) is 23.2 Å². The molecule has 2 heterocycles. The third-order valence-electron chi connectivity index (χ3n) is 5.05. The van der Waals surface area contributed by atoms with Crippen molar-refractivity contribution in [3.05, 3.63) is 27.6 Å². The SMILES string of the molecule is CC1CCN([C@@H]2C=C[C@H](N(C)S(=O)(=O)c3cc(Cl)c(Cl)s3)C2)CC1.Cl. The number of sulfonamides is 1. The van der Waals surface area contributed by atoms with Crippen molar-refractivity contribution in [1.29, 1.82) is 0 Å². The first-order valence-electron chi connectivity index (χ1n) is 8.14. The summed E-state index contributed by atoms with van der Waals surface area (Å²) in [6.07, 6.45) is 7.40. The lowest BCUT2D eigenvalue weighted by Gasteiger charge is -2.35.